The zero-order valence-corrected chi connectivity index (χ0v) is 15.9. The van der Waals surface area contributed by atoms with Gasteiger partial charge in [0.15, 0.2) is 11.5 Å². The van der Waals surface area contributed by atoms with Crippen molar-refractivity contribution in [2.24, 2.45) is 17.8 Å². The Balaban J connectivity index is 1.22. The zero-order valence-electron chi connectivity index (χ0n) is 15.9. The topological polar surface area (TPSA) is 83.4 Å². The molecule has 0 radical (unpaired) electrons. The van der Waals surface area contributed by atoms with Crippen LogP contribution in [-0.4, -0.2) is 18.2 Å². The molecule has 4 saturated carbocycles. The molecule has 0 unspecified atom stereocenters. The largest absolute Gasteiger partial charge is 0.454 e. The number of nitrogens with one attached hydrogen (secondary N) is 2. The smallest absolute Gasteiger partial charge is 0.263 e. The van der Waals surface area contributed by atoms with Crippen LogP contribution >= 0.6 is 0 Å². The Morgan fingerprint density at radius 3 is 2.50 bits per heavy atom. The summed E-state index contributed by atoms with van der Waals surface area (Å²) in [5, 5.41) is 15.8. The lowest BCUT2D eigenvalue weighted by atomic mass is 9.53. The number of hydrogen-bond donors (Lipinski definition) is 2. The number of rotatable bonds is 5. The molecule has 4 aliphatic carbocycles. The fourth-order valence-electron chi connectivity index (χ4n) is 5.99. The molecule has 0 spiro atoms. The Morgan fingerprint density at radius 1 is 1.14 bits per heavy atom. The van der Waals surface area contributed by atoms with Crippen molar-refractivity contribution in [1.29, 1.82) is 5.26 Å². The number of amides is 1. The van der Waals surface area contributed by atoms with E-state index in [2.05, 4.69) is 16.7 Å². The first kappa shape index (κ1) is 17.4. The number of carbonyl (C=O) groups is 1. The Hall–Kier alpha value is -2.68. The molecule has 1 heterocycles. The standard InChI is InChI=1S/C22H25N3O3/c23-10-18(12-25-22-7-15-3-16(8-22)5-17(4-15)9-22)21(26)24-11-14-1-2-19-20(6-14)28-13-27-19/h1-2,6,12,15-17,25H,3-5,7-9,11,13H2,(H,24,26)/b18-12-. The van der Waals surface area contributed by atoms with Gasteiger partial charge < -0.3 is 20.1 Å². The van der Waals surface area contributed by atoms with E-state index in [-0.39, 0.29) is 23.8 Å². The fourth-order valence-corrected chi connectivity index (χ4v) is 5.99. The van der Waals surface area contributed by atoms with Gasteiger partial charge in [0.05, 0.1) is 0 Å². The molecular formula is C22H25N3O3. The van der Waals surface area contributed by atoms with E-state index in [9.17, 15) is 10.1 Å². The summed E-state index contributed by atoms with van der Waals surface area (Å²) in [6.07, 6.45) is 9.28. The van der Waals surface area contributed by atoms with Gasteiger partial charge in [-0.2, -0.15) is 5.26 Å². The van der Waals surface area contributed by atoms with E-state index in [1.807, 2.05) is 18.2 Å². The quantitative estimate of drug-likeness (QED) is 0.607. The maximum absolute atomic E-state index is 12.5. The van der Waals surface area contributed by atoms with Crippen LogP contribution in [0.25, 0.3) is 0 Å². The van der Waals surface area contributed by atoms with Gasteiger partial charge in [0.2, 0.25) is 6.79 Å². The van der Waals surface area contributed by atoms with Gasteiger partial charge in [-0.3, -0.25) is 4.79 Å². The van der Waals surface area contributed by atoms with Crippen LogP contribution in [-0.2, 0) is 11.3 Å². The van der Waals surface area contributed by atoms with Crippen molar-refractivity contribution in [1.82, 2.24) is 10.6 Å². The van der Waals surface area contributed by atoms with E-state index in [0.29, 0.717) is 18.0 Å². The number of benzene rings is 1. The lowest BCUT2D eigenvalue weighted by Gasteiger charge is -2.56. The Kier molecular flexibility index (Phi) is 4.19. The summed E-state index contributed by atoms with van der Waals surface area (Å²) in [4.78, 5) is 12.5. The van der Waals surface area contributed by atoms with Crippen LogP contribution in [0.1, 0.15) is 44.1 Å². The minimum atomic E-state index is -0.350. The van der Waals surface area contributed by atoms with Crippen LogP contribution in [0, 0.1) is 29.1 Å². The monoisotopic (exact) mass is 379 g/mol. The minimum Gasteiger partial charge on any atom is -0.454 e. The summed E-state index contributed by atoms with van der Waals surface area (Å²) < 4.78 is 10.7. The summed E-state index contributed by atoms with van der Waals surface area (Å²) in [5.74, 6) is 3.50. The molecule has 146 valence electrons. The lowest BCUT2D eigenvalue weighted by molar-refractivity contribution is -0.117. The van der Waals surface area contributed by atoms with Crippen LogP contribution in [0.2, 0.25) is 0 Å². The fraction of sp³-hybridized carbons (Fsp3) is 0.545. The van der Waals surface area contributed by atoms with Gasteiger partial charge in [-0.15, -0.1) is 0 Å². The van der Waals surface area contributed by atoms with Gasteiger partial charge in [-0.05, 0) is 74.0 Å². The van der Waals surface area contributed by atoms with Crippen LogP contribution in [0.4, 0.5) is 0 Å². The number of carbonyl (C=O) groups excluding carboxylic acids is 1. The van der Waals surface area contributed by atoms with Crippen LogP contribution in [0.3, 0.4) is 0 Å². The maximum Gasteiger partial charge on any atom is 0.263 e. The highest BCUT2D eigenvalue weighted by Gasteiger charge is 2.50. The van der Waals surface area contributed by atoms with Crippen molar-refractivity contribution >= 4 is 5.91 Å². The number of nitrogens with zero attached hydrogens (tertiary/aromatic N) is 1. The lowest BCUT2D eigenvalue weighted by Crippen LogP contribution is -2.57. The zero-order chi connectivity index (χ0) is 19.1. The SMILES string of the molecule is N#C/C(=C/NC12CC3CC(CC(C3)C1)C2)C(=O)NCc1ccc2c(c1)OCO2. The van der Waals surface area contributed by atoms with Crippen molar-refractivity contribution < 1.29 is 14.3 Å². The molecule has 5 aliphatic rings. The molecule has 6 nitrogen and oxygen atoms in total. The number of ether oxygens (including phenoxy) is 2. The first-order valence-electron chi connectivity index (χ1n) is 10.2. The summed E-state index contributed by atoms with van der Waals surface area (Å²) in [7, 11) is 0. The number of fused-ring (bicyclic) bond motifs is 1. The highest BCUT2D eigenvalue weighted by molar-refractivity contribution is 5.97. The van der Waals surface area contributed by atoms with E-state index in [1.54, 1.807) is 6.20 Å². The van der Waals surface area contributed by atoms with Gasteiger partial charge >= 0.3 is 0 Å². The molecule has 1 aliphatic heterocycles. The molecule has 6 rings (SSSR count). The number of hydrogen-bond acceptors (Lipinski definition) is 5. The molecule has 6 heteroatoms. The predicted octanol–water partition coefficient (Wildman–Crippen LogP) is 3.00. The van der Waals surface area contributed by atoms with Crippen molar-refractivity contribution in [2.75, 3.05) is 6.79 Å². The highest BCUT2D eigenvalue weighted by Crippen LogP contribution is 2.55. The maximum atomic E-state index is 12.5. The molecule has 1 amide bonds. The van der Waals surface area contributed by atoms with Crippen molar-refractivity contribution in [3.8, 4) is 17.6 Å². The van der Waals surface area contributed by atoms with Gasteiger partial charge in [-0.1, -0.05) is 6.07 Å². The third kappa shape index (κ3) is 3.19. The summed E-state index contributed by atoms with van der Waals surface area (Å²) in [5.41, 5.74) is 1.13. The van der Waals surface area contributed by atoms with Gasteiger partial charge in [0.1, 0.15) is 11.6 Å². The molecule has 1 aromatic rings. The van der Waals surface area contributed by atoms with Gasteiger partial charge in [0.25, 0.3) is 5.91 Å². The summed E-state index contributed by atoms with van der Waals surface area (Å²) >= 11 is 0. The Labute approximate surface area is 164 Å². The van der Waals surface area contributed by atoms with Gasteiger partial charge in [0, 0.05) is 18.3 Å². The molecule has 0 atom stereocenters. The second-order valence-electron chi connectivity index (χ2n) is 8.88. The average Bonchev–Trinajstić information content (AvgIpc) is 3.13. The molecule has 0 saturated heterocycles. The average molecular weight is 379 g/mol. The second-order valence-corrected chi connectivity index (χ2v) is 8.88. The molecule has 28 heavy (non-hydrogen) atoms. The van der Waals surface area contributed by atoms with E-state index in [0.717, 1.165) is 23.3 Å². The van der Waals surface area contributed by atoms with E-state index < -0.39 is 0 Å². The van der Waals surface area contributed by atoms with Crippen LogP contribution in [0.5, 0.6) is 11.5 Å². The summed E-state index contributed by atoms with van der Waals surface area (Å²) in [6.45, 7) is 0.564. The van der Waals surface area contributed by atoms with E-state index in [4.69, 9.17) is 9.47 Å². The number of nitriles is 1. The Bertz CT molecular complexity index is 835. The third-order valence-corrected chi connectivity index (χ3v) is 6.82. The normalized spacial score (nSPS) is 32.1. The molecule has 0 aromatic heterocycles. The molecule has 1 aromatic carbocycles. The minimum absolute atomic E-state index is 0.0917. The van der Waals surface area contributed by atoms with Gasteiger partial charge in [-0.25, -0.2) is 0 Å². The predicted molar refractivity (Wildman–Crippen MR) is 102 cm³/mol. The third-order valence-electron chi connectivity index (χ3n) is 6.82. The van der Waals surface area contributed by atoms with E-state index in [1.165, 1.54) is 38.5 Å². The molecule has 4 fully saturated rings. The second kappa shape index (κ2) is 6.73. The van der Waals surface area contributed by atoms with Crippen molar-refractivity contribution in [2.45, 2.75) is 50.6 Å². The Morgan fingerprint density at radius 2 is 1.82 bits per heavy atom. The summed E-state index contributed by atoms with van der Waals surface area (Å²) in [6, 6.07) is 7.63. The molecular weight excluding hydrogens is 354 g/mol. The molecule has 4 bridgehead atoms. The first-order valence-corrected chi connectivity index (χ1v) is 10.2. The van der Waals surface area contributed by atoms with Crippen LogP contribution < -0.4 is 20.1 Å². The highest BCUT2D eigenvalue weighted by atomic mass is 16.7. The van der Waals surface area contributed by atoms with E-state index >= 15 is 0 Å². The van der Waals surface area contributed by atoms with Crippen molar-refractivity contribution in [3.63, 3.8) is 0 Å². The van der Waals surface area contributed by atoms with Crippen LogP contribution in [0.15, 0.2) is 30.0 Å². The first-order chi connectivity index (χ1) is 13.6. The van der Waals surface area contributed by atoms with Crippen molar-refractivity contribution in [3.05, 3.63) is 35.5 Å². The molecule has 2 N–H and O–H groups in total.